The van der Waals surface area contributed by atoms with Gasteiger partial charge in [-0.05, 0) is 31.0 Å². The van der Waals surface area contributed by atoms with E-state index in [1.165, 1.54) is 26.2 Å². The third-order valence-corrected chi connectivity index (χ3v) is 2.14. The molecular weight excluding hydrogens is 221 g/mol. The molecule has 1 aromatic carbocycles. The van der Waals surface area contributed by atoms with Crippen LogP contribution in [0.1, 0.15) is 18.1 Å². The van der Waals surface area contributed by atoms with Crippen LogP contribution in [0.25, 0.3) is 0 Å². The molecule has 1 rings (SSSR count). The SMILES string of the molecule is COc1ccc(C[C@@H](C)O)c(C(F)(F)F)c1. The van der Waals surface area contributed by atoms with Crippen molar-refractivity contribution in [3.8, 4) is 5.75 Å². The van der Waals surface area contributed by atoms with Gasteiger partial charge < -0.3 is 9.84 Å². The Morgan fingerprint density at radius 2 is 2.00 bits per heavy atom. The Labute approximate surface area is 91.7 Å². The van der Waals surface area contributed by atoms with Crippen molar-refractivity contribution in [2.45, 2.75) is 25.6 Å². The first kappa shape index (κ1) is 12.8. The van der Waals surface area contributed by atoms with Crippen molar-refractivity contribution in [3.05, 3.63) is 29.3 Å². The lowest BCUT2D eigenvalue weighted by Crippen LogP contribution is -2.13. The molecule has 16 heavy (non-hydrogen) atoms. The summed E-state index contributed by atoms with van der Waals surface area (Å²) >= 11 is 0. The van der Waals surface area contributed by atoms with Crippen LogP contribution in [0.5, 0.6) is 5.75 Å². The quantitative estimate of drug-likeness (QED) is 0.871. The number of aliphatic hydroxyl groups excluding tert-OH is 1. The van der Waals surface area contributed by atoms with Crippen LogP contribution in [0.2, 0.25) is 0 Å². The highest BCUT2D eigenvalue weighted by Crippen LogP contribution is 2.34. The van der Waals surface area contributed by atoms with Crippen molar-refractivity contribution in [1.29, 1.82) is 0 Å². The van der Waals surface area contributed by atoms with Gasteiger partial charge in [-0.15, -0.1) is 0 Å². The van der Waals surface area contributed by atoms with Crippen LogP contribution in [-0.2, 0) is 12.6 Å². The number of rotatable bonds is 3. The zero-order chi connectivity index (χ0) is 12.3. The third-order valence-electron chi connectivity index (χ3n) is 2.14. The van der Waals surface area contributed by atoms with Crippen molar-refractivity contribution < 1.29 is 23.0 Å². The number of benzene rings is 1. The summed E-state index contributed by atoms with van der Waals surface area (Å²) in [7, 11) is 1.31. The van der Waals surface area contributed by atoms with E-state index < -0.39 is 17.8 Å². The van der Waals surface area contributed by atoms with E-state index in [1.54, 1.807) is 0 Å². The molecule has 0 aliphatic carbocycles. The van der Waals surface area contributed by atoms with Gasteiger partial charge in [-0.2, -0.15) is 13.2 Å². The van der Waals surface area contributed by atoms with Gasteiger partial charge in [0.1, 0.15) is 5.75 Å². The van der Waals surface area contributed by atoms with Crippen molar-refractivity contribution >= 4 is 0 Å². The average molecular weight is 234 g/mol. The fraction of sp³-hybridized carbons (Fsp3) is 0.455. The zero-order valence-corrected chi connectivity index (χ0v) is 9.01. The highest BCUT2D eigenvalue weighted by atomic mass is 19.4. The second-order valence-electron chi connectivity index (χ2n) is 3.57. The van der Waals surface area contributed by atoms with Crippen LogP contribution < -0.4 is 4.74 Å². The minimum absolute atomic E-state index is 0.0289. The molecule has 0 saturated heterocycles. The van der Waals surface area contributed by atoms with Gasteiger partial charge in [-0.3, -0.25) is 0 Å². The number of alkyl halides is 3. The van der Waals surface area contributed by atoms with Crippen molar-refractivity contribution in [1.82, 2.24) is 0 Å². The van der Waals surface area contributed by atoms with Gasteiger partial charge in [0.2, 0.25) is 0 Å². The molecule has 0 spiro atoms. The van der Waals surface area contributed by atoms with Crippen molar-refractivity contribution in [3.63, 3.8) is 0 Å². The summed E-state index contributed by atoms with van der Waals surface area (Å²) in [6.07, 6.45) is -5.27. The molecule has 0 aromatic heterocycles. The van der Waals surface area contributed by atoms with Crippen molar-refractivity contribution in [2.75, 3.05) is 7.11 Å². The fourth-order valence-electron chi connectivity index (χ4n) is 1.44. The lowest BCUT2D eigenvalue weighted by atomic mass is 10.0. The van der Waals surface area contributed by atoms with E-state index in [0.717, 1.165) is 6.07 Å². The van der Waals surface area contributed by atoms with E-state index in [-0.39, 0.29) is 17.7 Å². The van der Waals surface area contributed by atoms with E-state index in [1.807, 2.05) is 0 Å². The first-order valence-corrected chi connectivity index (χ1v) is 4.76. The van der Waals surface area contributed by atoms with Crippen LogP contribution in [0.15, 0.2) is 18.2 Å². The van der Waals surface area contributed by atoms with Gasteiger partial charge in [0.05, 0.1) is 18.8 Å². The number of ether oxygens (including phenoxy) is 1. The first-order valence-electron chi connectivity index (χ1n) is 4.76. The monoisotopic (exact) mass is 234 g/mol. The second kappa shape index (κ2) is 4.74. The zero-order valence-electron chi connectivity index (χ0n) is 9.01. The molecule has 0 aliphatic rings. The summed E-state index contributed by atoms with van der Waals surface area (Å²) in [5.41, 5.74) is -0.684. The van der Waals surface area contributed by atoms with Crippen LogP contribution in [-0.4, -0.2) is 18.3 Å². The topological polar surface area (TPSA) is 29.5 Å². The average Bonchev–Trinajstić information content (AvgIpc) is 2.15. The van der Waals surface area contributed by atoms with Gasteiger partial charge in [0.25, 0.3) is 0 Å². The number of halogens is 3. The van der Waals surface area contributed by atoms with Crippen LogP contribution >= 0.6 is 0 Å². The minimum Gasteiger partial charge on any atom is -0.497 e. The molecule has 0 unspecified atom stereocenters. The molecule has 0 fully saturated rings. The largest absolute Gasteiger partial charge is 0.497 e. The molecular formula is C11H13F3O2. The first-order chi connectivity index (χ1) is 7.34. The molecule has 0 bridgehead atoms. The number of aliphatic hydroxyl groups is 1. The summed E-state index contributed by atoms with van der Waals surface area (Å²) in [4.78, 5) is 0. The number of hydrogen-bond acceptors (Lipinski definition) is 2. The molecule has 0 saturated carbocycles. The molecule has 0 amide bonds. The van der Waals surface area contributed by atoms with Gasteiger partial charge >= 0.3 is 6.18 Å². The maximum Gasteiger partial charge on any atom is 0.416 e. The molecule has 0 aliphatic heterocycles. The number of methoxy groups -OCH3 is 1. The summed E-state index contributed by atoms with van der Waals surface area (Å²) < 4.78 is 42.8. The summed E-state index contributed by atoms with van der Waals surface area (Å²) in [5.74, 6) is 0.154. The molecule has 1 N–H and O–H groups in total. The van der Waals surface area contributed by atoms with Crippen molar-refractivity contribution in [2.24, 2.45) is 0 Å². The standard InChI is InChI=1S/C11H13F3O2/c1-7(15)5-8-3-4-9(16-2)6-10(8)11(12,13)14/h3-4,6-7,15H,5H2,1-2H3/t7-/m1/s1. The second-order valence-corrected chi connectivity index (χ2v) is 3.57. The molecule has 1 atom stereocenters. The van der Waals surface area contributed by atoms with Gasteiger partial charge in [0, 0.05) is 0 Å². The van der Waals surface area contributed by atoms with E-state index in [9.17, 15) is 13.2 Å². The van der Waals surface area contributed by atoms with Gasteiger partial charge in [0.15, 0.2) is 0 Å². The predicted molar refractivity (Wildman–Crippen MR) is 53.4 cm³/mol. The fourth-order valence-corrected chi connectivity index (χ4v) is 1.44. The smallest absolute Gasteiger partial charge is 0.416 e. The Bertz CT molecular complexity index is 359. The lowest BCUT2D eigenvalue weighted by molar-refractivity contribution is -0.138. The molecule has 2 nitrogen and oxygen atoms in total. The Morgan fingerprint density at radius 1 is 1.38 bits per heavy atom. The Balaban J connectivity index is 3.17. The van der Waals surface area contributed by atoms with Crippen LogP contribution in [0.3, 0.4) is 0 Å². The van der Waals surface area contributed by atoms with E-state index in [4.69, 9.17) is 9.84 Å². The van der Waals surface area contributed by atoms with Crippen LogP contribution in [0.4, 0.5) is 13.2 Å². The molecule has 5 heteroatoms. The summed E-state index contributed by atoms with van der Waals surface area (Å²) in [6, 6.07) is 3.72. The molecule has 0 heterocycles. The molecule has 0 radical (unpaired) electrons. The maximum absolute atomic E-state index is 12.7. The predicted octanol–water partition coefficient (Wildman–Crippen LogP) is 2.64. The Morgan fingerprint density at radius 3 is 2.44 bits per heavy atom. The van der Waals surface area contributed by atoms with E-state index >= 15 is 0 Å². The normalized spacial score (nSPS) is 13.6. The highest BCUT2D eigenvalue weighted by molar-refractivity contribution is 5.37. The number of hydrogen-bond donors (Lipinski definition) is 1. The summed E-state index contributed by atoms with van der Waals surface area (Å²) in [5, 5.41) is 9.12. The van der Waals surface area contributed by atoms with E-state index in [0.29, 0.717) is 0 Å². The Hall–Kier alpha value is -1.23. The maximum atomic E-state index is 12.7. The molecule has 90 valence electrons. The van der Waals surface area contributed by atoms with Crippen LogP contribution in [0, 0.1) is 0 Å². The minimum atomic E-state index is -4.43. The van der Waals surface area contributed by atoms with E-state index in [2.05, 4.69) is 0 Å². The van der Waals surface area contributed by atoms with Gasteiger partial charge in [-0.25, -0.2) is 0 Å². The third kappa shape index (κ3) is 3.13. The molecule has 1 aromatic rings. The summed E-state index contributed by atoms with van der Waals surface area (Å²) in [6.45, 7) is 1.45. The lowest BCUT2D eigenvalue weighted by Gasteiger charge is -2.15. The Kier molecular flexibility index (Phi) is 3.80. The van der Waals surface area contributed by atoms with Gasteiger partial charge in [-0.1, -0.05) is 6.07 Å². The highest BCUT2D eigenvalue weighted by Gasteiger charge is 2.33.